The molecule has 3 unspecified atom stereocenters. The minimum Gasteiger partial charge on any atom is -0.494 e. The molecule has 26 heavy (non-hydrogen) atoms. The number of hydrogen-bond acceptors (Lipinski definition) is 5. The van der Waals surface area contributed by atoms with Crippen molar-refractivity contribution in [3.63, 3.8) is 0 Å². The number of rotatable bonds is 8. The smallest absolute Gasteiger partial charge is 0.119 e. The number of nitrogens with zero attached hydrogens (tertiary/aromatic N) is 2. The molecular weight excluding hydrogens is 326 g/mol. The van der Waals surface area contributed by atoms with E-state index in [9.17, 15) is 5.11 Å². The molecular formula is C21H33N3O2. The van der Waals surface area contributed by atoms with Crippen molar-refractivity contribution in [3.05, 3.63) is 24.3 Å². The SMILES string of the molecule is CCOc1ccc(N2CC(CNCC(O)CC#N)CC(C)(C)C2C)cc1. The van der Waals surface area contributed by atoms with Gasteiger partial charge in [0.2, 0.25) is 0 Å². The quantitative estimate of drug-likeness (QED) is 0.746. The first-order valence-electron chi connectivity index (χ1n) is 9.62. The number of ether oxygens (including phenoxy) is 1. The molecule has 5 heteroatoms. The molecule has 144 valence electrons. The Hall–Kier alpha value is -1.77. The average Bonchev–Trinajstić information content (AvgIpc) is 2.59. The lowest BCUT2D eigenvalue weighted by molar-refractivity contribution is 0.154. The Kier molecular flexibility index (Phi) is 7.31. The van der Waals surface area contributed by atoms with Crippen molar-refractivity contribution in [2.24, 2.45) is 11.3 Å². The molecule has 1 aliphatic heterocycles. The molecule has 0 spiro atoms. The largest absolute Gasteiger partial charge is 0.494 e. The minimum absolute atomic E-state index is 0.179. The summed E-state index contributed by atoms with van der Waals surface area (Å²) >= 11 is 0. The van der Waals surface area contributed by atoms with Crippen LogP contribution in [-0.2, 0) is 0 Å². The fourth-order valence-electron chi connectivity index (χ4n) is 3.84. The summed E-state index contributed by atoms with van der Waals surface area (Å²) in [6.07, 6.45) is 0.736. The summed E-state index contributed by atoms with van der Waals surface area (Å²) in [5, 5.41) is 21.7. The van der Waals surface area contributed by atoms with E-state index in [0.717, 1.165) is 25.3 Å². The lowest BCUT2D eigenvalue weighted by atomic mass is 9.72. The van der Waals surface area contributed by atoms with E-state index < -0.39 is 6.10 Å². The van der Waals surface area contributed by atoms with Gasteiger partial charge in [0.15, 0.2) is 0 Å². The maximum absolute atomic E-state index is 9.72. The Labute approximate surface area is 158 Å². The molecule has 2 N–H and O–H groups in total. The van der Waals surface area contributed by atoms with Gasteiger partial charge >= 0.3 is 0 Å². The van der Waals surface area contributed by atoms with Crippen molar-refractivity contribution in [1.82, 2.24) is 5.32 Å². The fraction of sp³-hybridized carbons (Fsp3) is 0.667. The van der Waals surface area contributed by atoms with Crippen LogP contribution in [0.25, 0.3) is 0 Å². The summed E-state index contributed by atoms with van der Waals surface area (Å²) in [4.78, 5) is 2.48. The van der Waals surface area contributed by atoms with Crippen molar-refractivity contribution in [2.75, 3.05) is 31.1 Å². The predicted octanol–water partition coefficient (Wildman–Crippen LogP) is 3.19. The van der Waals surface area contributed by atoms with Crippen molar-refractivity contribution >= 4 is 5.69 Å². The summed E-state index contributed by atoms with van der Waals surface area (Å²) in [7, 11) is 0. The van der Waals surface area contributed by atoms with Crippen LogP contribution in [0.3, 0.4) is 0 Å². The van der Waals surface area contributed by atoms with E-state index in [2.05, 4.69) is 43.1 Å². The number of anilines is 1. The third-order valence-electron chi connectivity index (χ3n) is 5.49. The summed E-state index contributed by atoms with van der Waals surface area (Å²) < 4.78 is 5.56. The van der Waals surface area contributed by atoms with Crippen LogP contribution in [0.15, 0.2) is 24.3 Å². The van der Waals surface area contributed by atoms with Crippen LogP contribution in [0.5, 0.6) is 5.75 Å². The maximum Gasteiger partial charge on any atom is 0.119 e. The van der Waals surface area contributed by atoms with Crippen LogP contribution >= 0.6 is 0 Å². The zero-order valence-corrected chi connectivity index (χ0v) is 16.5. The van der Waals surface area contributed by atoms with E-state index in [-0.39, 0.29) is 11.8 Å². The first kappa shape index (κ1) is 20.5. The molecule has 5 nitrogen and oxygen atoms in total. The lowest BCUT2D eigenvalue weighted by Gasteiger charge is -2.49. The molecule has 1 saturated heterocycles. The maximum atomic E-state index is 9.72. The van der Waals surface area contributed by atoms with Gasteiger partial charge in [0.05, 0.1) is 25.2 Å². The third kappa shape index (κ3) is 5.36. The topological polar surface area (TPSA) is 68.5 Å². The van der Waals surface area contributed by atoms with Crippen molar-refractivity contribution in [3.8, 4) is 11.8 Å². The van der Waals surface area contributed by atoms with Gasteiger partial charge in [-0.05, 0) is 62.4 Å². The Morgan fingerprint density at radius 1 is 1.38 bits per heavy atom. The molecule has 2 rings (SSSR count). The van der Waals surface area contributed by atoms with Gasteiger partial charge in [-0.3, -0.25) is 0 Å². The van der Waals surface area contributed by atoms with Crippen LogP contribution in [0.1, 0.15) is 40.5 Å². The average molecular weight is 360 g/mol. The van der Waals surface area contributed by atoms with Gasteiger partial charge in [-0.2, -0.15) is 5.26 Å². The number of benzene rings is 1. The van der Waals surface area contributed by atoms with Gasteiger partial charge in [0.25, 0.3) is 0 Å². The Morgan fingerprint density at radius 3 is 2.69 bits per heavy atom. The molecule has 1 fully saturated rings. The summed E-state index contributed by atoms with van der Waals surface area (Å²) in [6.45, 7) is 11.9. The van der Waals surface area contributed by atoms with E-state index in [1.807, 2.05) is 25.1 Å². The Bertz CT molecular complexity index is 594. The van der Waals surface area contributed by atoms with Crippen molar-refractivity contribution < 1.29 is 9.84 Å². The van der Waals surface area contributed by atoms with Crippen molar-refractivity contribution in [1.29, 1.82) is 5.26 Å². The van der Waals surface area contributed by atoms with E-state index >= 15 is 0 Å². The molecule has 0 aliphatic carbocycles. The van der Waals surface area contributed by atoms with E-state index in [0.29, 0.717) is 25.1 Å². The molecule has 1 aromatic rings. The highest BCUT2D eigenvalue weighted by Crippen LogP contribution is 2.40. The normalized spacial score (nSPS) is 23.3. The number of nitrogens with one attached hydrogen (secondary N) is 1. The van der Waals surface area contributed by atoms with Crippen LogP contribution in [0, 0.1) is 22.7 Å². The van der Waals surface area contributed by atoms with Gasteiger partial charge in [-0.25, -0.2) is 0 Å². The molecule has 1 heterocycles. The number of piperidine rings is 1. The molecule has 0 amide bonds. The van der Waals surface area contributed by atoms with Crippen LogP contribution in [0.4, 0.5) is 5.69 Å². The second-order valence-electron chi connectivity index (χ2n) is 7.99. The molecule has 0 saturated carbocycles. The predicted molar refractivity (Wildman–Crippen MR) is 105 cm³/mol. The monoisotopic (exact) mass is 359 g/mol. The van der Waals surface area contributed by atoms with Crippen LogP contribution in [-0.4, -0.2) is 43.5 Å². The van der Waals surface area contributed by atoms with Gasteiger partial charge in [-0.1, -0.05) is 13.8 Å². The Balaban J connectivity index is 2.02. The molecule has 1 aromatic carbocycles. The molecule has 0 radical (unpaired) electrons. The standard InChI is InChI=1S/C21H33N3O2/c1-5-26-20-8-6-18(7-9-20)24-15-17(12-21(3,4)16(24)2)13-23-14-19(25)10-11-22/h6-9,16-17,19,23,25H,5,10,12-15H2,1-4H3. The number of nitriles is 1. The summed E-state index contributed by atoms with van der Waals surface area (Å²) in [5.74, 6) is 1.41. The number of aliphatic hydroxyl groups excluding tert-OH is 1. The molecule has 3 atom stereocenters. The van der Waals surface area contributed by atoms with Crippen molar-refractivity contribution in [2.45, 2.75) is 52.7 Å². The summed E-state index contributed by atoms with van der Waals surface area (Å²) in [6, 6.07) is 10.8. The highest BCUT2D eigenvalue weighted by atomic mass is 16.5. The fourth-order valence-corrected chi connectivity index (χ4v) is 3.84. The lowest BCUT2D eigenvalue weighted by Crippen LogP contribution is -2.53. The van der Waals surface area contributed by atoms with Gasteiger partial charge in [0.1, 0.15) is 5.75 Å². The third-order valence-corrected chi connectivity index (χ3v) is 5.49. The van der Waals surface area contributed by atoms with Crippen LogP contribution in [0.2, 0.25) is 0 Å². The van der Waals surface area contributed by atoms with Gasteiger partial charge in [0, 0.05) is 24.8 Å². The first-order valence-corrected chi connectivity index (χ1v) is 9.62. The second-order valence-corrected chi connectivity index (χ2v) is 7.99. The second kappa shape index (κ2) is 9.25. The first-order chi connectivity index (χ1) is 12.4. The molecule has 1 aliphatic rings. The summed E-state index contributed by atoms with van der Waals surface area (Å²) in [5.41, 5.74) is 1.43. The highest BCUT2D eigenvalue weighted by molar-refractivity contribution is 5.51. The minimum atomic E-state index is -0.585. The molecule has 0 bridgehead atoms. The highest BCUT2D eigenvalue weighted by Gasteiger charge is 2.38. The Morgan fingerprint density at radius 2 is 2.08 bits per heavy atom. The molecule has 0 aromatic heterocycles. The zero-order valence-electron chi connectivity index (χ0n) is 16.5. The zero-order chi connectivity index (χ0) is 19.2. The van der Waals surface area contributed by atoms with Crippen LogP contribution < -0.4 is 15.0 Å². The van der Waals surface area contributed by atoms with Gasteiger partial charge < -0.3 is 20.1 Å². The van der Waals surface area contributed by atoms with E-state index in [1.165, 1.54) is 5.69 Å². The van der Waals surface area contributed by atoms with E-state index in [4.69, 9.17) is 10.00 Å². The number of hydrogen-bond donors (Lipinski definition) is 2. The van der Waals surface area contributed by atoms with E-state index in [1.54, 1.807) is 0 Å². The van der Waals surface area contributed by atoms with Gasteiger partial charge in [-0.15, -0.1) is 0 Å². The number of aliphatic hydroxyl groups is 1.